The number of ether oxygens (including phenoxy) is 1. The molecule has 16 heteroatoms. The van der Waals surface area contributed by atoms with E-state index in [1.165, 1.54) is 3.97 Å². The first-order chi connectivity index (χ1) is 26.8. The number of hydrogen-bond acceptors (Lipinski definition) is 9. The number of benzene rings is 2. The highest BCUT2D eigenvalue weighted by molar-refractivity contribution is 7.90. The van der Waals surface area contributed by atoms with Gasteiger partial charge in [0, 0.05) is 66.2 Å². The number of hydrogen-bond donors (Lipinski definition) is 3. The molecule has 1 saturated carbocycles. The minimum atomic E-state index is -4.26. The molecule has 7 rings (SSSR count). The fourth-order valence-electron chi connectivity index (χ4n) is 7.09. The Morgan fingerprint density at radius 1 is 0.965 bits per heavy atom. The van der Waals surface area contributed by atoms with Crippen LogP contribution in [0.1, 0.15) is 79.8 Å². The van der Waals surface area contributed by atoms with Crippen LogP contribution in [0.25, 0.3) is 44.3 Å². The van der Waals surface area contributed by atoms with Gasteiger partial charge in [-0.05, 0) is 98.1 Å². The molecule has 0 saturated heterocycles. The summed E-state index contributed by atoms with van der Waals surface area (Å²) in [6.07, 6.45) is 7.64. The van der Waals surface area contributed by atoms with Gasteiger partial charge in [0.1, 0.15) is 5.60 Å². The predicted octanol–water partition coefficient (Wildman–Crippen LogP) is 7.29. The maximum Gasteiger partial charge on any atom is 0.407 e. The largest absolute Gasteiger partial charge is 0.444 e. The van der Waals surface area contributed by atoms with Crippen LogP contribution >= 0.6 is 0 Å². The van der Waals surface area contributed by atoms with E-state index in [1.807, 2.05) is 70.6 Å². The molecular weight excluding hydrogens is 763 g/mol. The number of nitrogens with zero attached hydrogens (tertiary/aromatic N) is 6. The second-order valence-corrected chi connectivity index (χ2v) is 20.7. The maximum absolute atomic E-state index is 15.0. The summed E-state index contributed by atoms with van der Waals surface area (Å²) < 4.78 is 56.4. The number of amides is 1. The van der Waals surface area contributed by atoms with Gasteiger partial charge >= 0.3 is 6.09 Å². The fourth-order valence-corrected chi connectivity index (χ4v) is 9.32. The molecule has 6 aromatic rings. The van der Waals surface area contributed by atoms with Gasteiger partial charge in [0.05, 0.1) is 55.3 Å². The summed E-state index contributed by atoms with van der Waals surface area (Å²) in [4.78, 5) is 17.7. The molecule has 3 N–H and O–H groups in total. The molecule has 0 bridgehead atoms. The molecule has 14 nitrogen and oxygen atoms in total. The van der Waals surface area contributed by atoms with E-state index in [0.717, 1.165) is 16.5 Å². The number of alkyl carbamates (subject to hydrolysis) is 1. The van der Waals surface area contributed by atoms with Gasteiger partial charge in [-0.15, -0.1) is 0 Å². The number of carbonyl (C=O) groups excluding carboxylic acids is 1. The van der Waals surface area contributed by atoms with E-state index in [1.54, 1.807) is 60.7 Å². The summed E-state index contributed by atoms with van der Waals surface area (Å²) in [5.41, 5.74) is 4.25. The van der Waals surface area contributed by atoms with Crippen molar-refractivity contribution in [1.29, 1.82) is 0 Å². The van der Waals surface area contributed by atoms with Crippen molar-refractivity contribution in [3.05, 3.63) is 78.9 Å². The van der Waals surface area contributed by atoms with Crippen LogP contribution < -0.4 is 15.4 Å². The van der Waals surface area contributed by atoms with Gasteiger partial charge in [-0.2, -0.15) is 10.2 Å². The molecule has 0 radical (unpaired) electrons. The van der Waals surface area contributed by atoms with Crippen LogP contribution in [-0.2, 0) is 39.3 Å². The van der Waals surface area contributed by atoms with Crippen molar-refractivity contribution in [2.24, 2.45) is 7.05 Å². The Morgan fingerprint density at radius 3 is 2.32 bits per heavy atom. The first-order valence-electron chi connectivity index (χ1n) is 19.1. The van der Waals surface area contributed by atoms with Crippen LogP contribution in [0.2, 0.25) is 0 Å². The number of rotatable bonds is 11. The lowest BCUT2D eigenvalue weighted by Gasteiger charge is -2.37. The van der Waals surface area contributed by atoms with Crippen LogP contribution in [0.4, 0.5) is 10.5 Å². The SMILES string of the molecule is CC(C)n1ncc2cc(-c3c(-c4cnn(C)c4)n(S(=O)(=O)c4ccccc4)c4ncc(CNS(=O)C(C)(C)C)c(NC5CC(NC(=O)OC(C)(C)C)C5)c34)ccc21. The molecule has 302 valence electrons. The molecule has 2 aromatic carbocycles. The Bertz CT molecular complexity index is 2590. The molecule has 1 atom stereocenters. The van der Waals surface area contributed by atoms with Gasteiger partial charge in [-0.3, -0.25) is 9.36 Å². The van der Waals surface area contributed by atoms with Crippen molar-refractivity contribution in [2.75, 3.05) is 5.32 Å². The highest BCUT2D eigenvalue weighted by Crippen LogP contribution is 2.47. The predicted molar refractivity (Wildman–Crippen MR) is 225 cm³/mol. The number of nitrogens with one attached hydrogen (secondary N) is 3. The Balaban J connectivity index is 1.48. The van der Waals surface area contributed by atoms with E-state index in [2.05, 4.69) is 39.4 Å². The van der Waals surface area contributed by atoms with E-state index in [9.17, 15) is 17.4 Å². The van der Waals surface area contributed by atoms with Crippen molar-refractivity contribution in [3.63, 3.8) is 0 Å². The third-order valence-electron chi connectivity index (χ3n) is 9.81. The summed E-state index contributed by atoms with van der Waals surface area (Å²) in [7, 11) is -3.88. The minimum absolute atomic E-state index is 0.0991. The van der Waals surface area contributed by atoms with E-state index in [0.29, 0.717) is 46.3 Å². The topological polar surface area (TPSA) is 167 Å². The third-order valence-corrected chi connectivity index (χ3v) is 13.0. The summed E-state index contributed by atoms with van der Waals surface area (Å²) in [6, 6.07) is 14.2. The van der Waals surface area contributed by atoms with E-state index < -0.39 is 37.5 Å². The zero-order chi connectivity index (χ0) is 41.0. The number of fused-ring (bicyclic) bond motifs is 2. The number of aryl methyl sites for hydroxylation is 1. The molecule has 4 aromatic heterocycles. The monoisotopic (exact) mass is 813 g/mol. The van der Waals surface area contributed by atoms with Gasteiger partial charge < -0.3 is 15.4 Å². The lowest BCUT2D eigenvalue weighted by molar-refractivity contribution is 0.0475. The first kappa shape index (κ1) is 40.1. The van der Waals surface area contributed by atoms with Gasteiger partial charge in [0.25, 0.3) is 10.0 Å². The second kappa shape index (κ2) is 15.0. The molecule has 0 aliphatic heterocycles. The normalized spacial score (nSPS) is 16.9. The van der Waals surface area contributed by atoms with Crippen molar-refractivity contribution in [3.8, 4) is 22.4 Å². The average molecular weight is 814 g/mol. The lowest BCUT2D eigenvalue weighted by Crippen LogP contribution is -2.50. The Labute approximate surface area is 336 Å². The molecule has 1 unspecified atom stereocenters. The first-order valence-corrected chi connectivity index (χ1v) is 21.7. The highest BCUT2D eigenvalue weighted by Gasteiger charge is 2.36. The Kier molecular flexibility index (Phi) is 10.6. The van der Waals surface area contributed by atoms with Gasteiger partial charge in [-0.25, -0.2) is 31.1 Å². The number of pyridine rings is 1. The van der Waals surface area contributed by atoms with E-state index in [-0.39, 0.29) is 35.2 Å². The lowest BCUT2D eigenvalue weighted by atomic mass is 9.86. The second-order valence-electron chi connectivity index (χ2n) is 16.9. The van der Waals surface area contributed by atoms with Gasteiger partial charge in [0.15, 0.2) is 5.65 Å². The number of anilines is 1. The van der Waals surface area contributed by atoms with Crippen molar-refractivity contribution < 1.29 is 22.2 Å². The van der Waals surface area contributed by atoms with Crippen LogP contribution in [0.15, 0.2) is 78.2 Å². The molecule has 57 heavy (non-hydrogen) atoms. The summed E-state index contributed by atoms with van der Waals surface area (Å²) in [6.45, 7) is 15.5. The number of carbonyl (C=O) groups is 1. The van der Waals surface area contributed by atoms with Crippen LogP contribution in [-0.4, -0.2) is 69.7 Å². The third kappa shape index (κ3) is 8.07. The highest BCUT2D eigenvalue weighted by atomic mass is 32.2. The maximum atomic E-state index is 15.0. The van der Waals surface area contributed by atoms with Crippen LogP contribution in [0.5, 0.6) is 0 Å². The molecule has 1 amide bonds. The molecule has 1 aliphatic rings. The number of aromatic nitrogens is 6. The summed E-state index contributed by atoms with van der Waals surface area (Å²) in [5.74, 6) is 0. The zero-order valence-electron chi connectivity index (χ0n) is 33.8. The molecule has 4 heterocycles. The van der Waals surface area contributed by atoms with Crippen LogP contribution in [0.3, 0.4) is 0 Å². The van der Waals surface area contributed by atoms with Crippen molar-refractivity contribution >= 4 is 54.7 Å². The van der Waals surface area contributed by atoms with E-state index >= 15 is 0 Å². The van der Waals surface area contributed by atoms with E-state index in [4.69, 9.17) is 9.72 Å². The van der Waals surface area contributed by atoms with Crippen molar-refractivity contribution in [1.82, 2.24) is 38.6 Å². The molecule has 1 fully saturated rings. The van der Waals surface area contributed by atoms with Crippen LogP contribution in [0, 0.1) is 0 Å². The van der Waals surface area contributed by atoms with Crippen molar-refractivity contribution in [2.45, 2.75) is 108 Å². The summed E-state index contributed by atoms with van der Waals surface area (Å²) in [5, 5.41) is 17.3. The Morgan fingerprint density at radius 2 is 1.68 bits per heavy atom. The minimum Gasteiger partial charge on any atom is -0.444 e. The average Bonchev–Trinajstić information content (AvgIpc) is 3.84. The standard InChI is InChI=1S/C41H51N9O5S2/c1-25(2)49-33-16-15-26(17-27(33)21-44-49)34-35-36(46-30-18-31(19-30)47-39(51)55-40(3,4)5)28(23-45-56(52)41(6,7)8)20-42-38(35)50(37(34)29-22-43-48(9)24-29)57(53,54)32-13-11-10-12-14-32/h10-17,20-22,24-25,30-31,45H,18-19,23H2,1-9H3,(H,42,46)(H,47,51). The molecule has 0 spiro atoms. The zero-order valence-corrected chi connectivity index (χ0v) is 35.5. The smallest absolute Gasteiger partial charge is 0.407 e. The molecule has 1 aliphatic carbocycles. The Hall–Kier alpha value is -5.06. The quantitative estimate of drug-likeness (QED) is 0.122. The van der Waals surface area contributed by atoms with Gasteiger partial charge in [0.2, 0.25) is 0 Å². The fraction of sp³-hybridized carbons (Fsp3) is 0.415. The van der Waals surface area contributed by atoms with Gasteiger partial charge in [-0.1, -0.05) is 24.3 Å². The molecular formula is C41H51N9O5S2. The summed E-state index contributed by atoms with van der Waals surface area (Å²) >= 11 is 0.